The van der Waals surface area contributed by atoms with Crippen molar-refractivity contribution in [1.82, 2.24) is 24.2 Å². The van der Waals surface area contributed by atoms with E-state index in [4.69, 9.17) is 0 Å². The van der Waals surface area contributed by atoms with E-state index in [0.29, 0.717) is 11.8 Å². The first-order chi connectivity index (χ1) is 14.4. The summed E-state index contributed by atoms with van der Waals surface area (Å²) in [7, 11) is -3.99. The summed E-state index contributed by atoms with van der Waals surface area (Å²) in [6.45, 7) is 0.333. The van der Waals surface area contributed by atoms with E-state index in [2.05, 4.69) is 10.2 Å². The Balaban J connectivity index is 1.43. The smallest absolute Gasteiger partial charge is 0.276 e. The van der Waals surface area contributed by atoms with Gasteiger partial charge < -0.3 is 4.90 Å². The van der Waals surface area contributed by atoms with Gasteiger partial charge in [-0.25, -0.2) is 17.2 Å². The van der Waals surface area contributed by atoms with E-state index in [1.807, 2.05) is 18.2 Å². The minimum absolute atomic E-state index is 0.0277. The van der Waals surface area contributed by atoms with Crippen molar-refractivity contribution in [3.63, 3.8) is 0 Å². The summed E-state index contributed by atoms with van der Waals surface area (Å²) in [5, 5.41) is 8.29. The Kier molecular flexibility index (Phi) is 5.31. The fourth-order valence-electron chi connectivity index (χ4n) is 3.13. The lowest BCUT2D eigenvalue weighted by molar-refractivity contribution is 0.0691. The van der Waals surface area contributed by atoms with Crippen LogP contribution in [0.25, 0.3) is 5.69 Å². The number of piperazine rings is 1. The van der Waals surface area contributed by atoms with E-state index in [-0.39, 0.29) is 42.7 Å². The van der Waals surface area contributed by atoms with Gasteiger partial charge in [0.05, 0.1) is 16.8 Å². The molecule has 1 amide bonds. The molecule has 156 valence electrons. The van der Waals surface area contributed by atoms with Gasteiger partial charge in [-0.3, -0.25) is 4.79 Å². The number of carbonyl (C=O) groups excluding carboxylic acids is 1. The van der Waals surface area contributed by atoms with E-state index in [0.717, 1.165) is 16.4 Å². The standard InChI is InChI=1S/C19H17F2N5O3S/c20-16-7-6-15(12-17(16)21)30(28,29)25-10-8-24(9-11-25)19(27)18-13-22-26(23-18)14-4-2-1-3-5-14/h1-7,12-13H,8-11H2. The molecular formula is C19H17F2N5O3S. The van der Waals surface area contributed by atoms with Gasteiger partial charge in [-0.05, 0) is 30.3 Å². The number of sulfonamides is 1. The van der Waals surface area contributed by atoms with Crippen LogP contribution in [-0.4, -0.2) is 64.7 Å². The van der Waals surface area contributed by atoms with Crippen molar-refractivity contribution in [2.75, 3.05) is 26.2 Å². The molecule has 11 heteroatoms. The molecular weight excluding hydrogens is 416 g/mol. The monoisotopic (exact) mass is 433 g/mol. The van der Waals surface area contributed by atoms with Gasteiger partial charge in [-0.2, -0.15) is 14.2 Å². The minimum Gasteiger partial charge on any atom is -0.335 e. The van der Waals surface area contributed by atoms with Gasteiger partial charge in [0.1, 0.15) is 0 Å². The fraction of sp³-hybridized carbons (Fsp3) is 0.211. The predicted octanol–water partition coefficient (Wildman–Crippen LogP) is 1.69. The van der Waals surface area contributed by atoms with Crippen LogP contribution in [0.3, 0.4) is 0 Å². The number of amides is 1. The SMILES string of the molecule is O=C(c1cnn(-c2ccccc2)n1)N1CCN(S(=O)(=O)c2ccc(F)c(F)c2)CC1. The molecule has 0 aliphatic carbocycles. The topological polar surface area (TPSA) is 88.4 Å². The quantitative estimate of drug-likeness (QED) is 0.625. The third-order valence-electron chi connectivity index (χ3n) is 4.75. The van der Waals surface area contributed by atoms with Crippen LogP contribution in [0.15, 0.2) is 59.6 Å². The molecule has 0 radical (unpaired) electrons. The molecule has 8 nitrogen and oxygen atoms in total. The van der Waals surface area contributed by atoms with Gasteiger partial charge in [0.2, 0.25) is 10.0 Å². The van der Waals surface area contributed by atoms with Crippen LogP contribution in [0.4, 0.5) is 8.78 Å². The second-order valence-electron chi connectivity index (χ2n) is 6.63. The molecule has 0 unspecified atom stereocenters. The molecule has 0 spiro atoms. The lowest BCUT2D eigenvalue weighted by Crippen LogP contribution is -2.50. The van der Waals surface area contributed by atoms with Crippen molar-refractivity contribution in [2.45, 2.75) is 4.90 Å². The second kappa shape index (κ2) is 7.92. The summed E-state index contributed by atoms with van der Waals surface area (Å²) >= 11 is 0. The number of rotatable bonds is 4. The van der Waals surface area contributed by atoms with Crippen LogP contribution in [0.2, 0.25) is 0 Å². The molecule has 1 aliphatic heterocycles. The first-order valence-corrected chi connectivity index (χ1v) is 10.5. The number of para-hydroxylation sites is 1. The number of halogens is 2. The van der Waals surface area contributed by atoms with Gasteiger partial charge >= 0.3 is 0 Å². The molecule has 1 saturated heterocycles. The van der Waals surface area contributed by atoms with E-state index in [1.54, 1.807) is 12.1 Å². The van der Waals surface area contributed by atoms with Gasteiger partial charge in [-0.15, -0.1) is 5.10 Å². The lowest BCUT2D eigenvalue weighted by Gasteiger charge is -2.33. The molecule has 2 aromatic carbocycles. The molecule has 0 saturated carbocycles. The maximum absolute atomic E-state index is 13.4. The zero-order valence-electron chi connectivity index (χ0n) is 15.6. The first-order valence-electron chi connectivity index (χ1n) is 9.08. The Labute approximate surface area is 171 Å². The summed E-state index contributed by atoms with van der Waals surface area (Å²) in [6.07, 6.45) is 1.36. The molecule has 1 aliphatic rings. The summed E-state index contributed by atoms with van der Waals surface area (Å²) in [5.41, 5.74) is 0.856. The number of hydrogen-bond acceptors (Lipinski definition) is 5. The molecule has 2 heterocycles. The van der Waals surface area contributed by atoms with E-state index in [1.165, 1.54) is 15.9 Å². The van der Waals surface area contributed by atoms with Gasteiger partial charge in [0.25, 0.3) is 5.91 Å². The van der Waals surface area contributed by atoms with Crippen molar-refractivity contribution in [1.29, 1.82) is 0 Å². The van der Waals surface area contributed by atoms with Crippen molar-refractivity contribution >= 4 is 15.9 Å². The van der Waals surface area contributed by atoms with Crippen molar-refractivity contribution in [2.24, 2.45) is 0 Å². The van der Waals surface area contributed by atoms with Gasteiger partial charge in [0, 0.05) is 26.2 Å². The first kappa shape index (κ1) is 20.1. The average Bonchev–Trinajstić information content (AvgIpc) is 3.26. The largest absolute Gasteiger partial charge is 0.335 e. The number of carbonyl (C=O) groups is 1. The van der Waals surface area contributed by atoms with E-state index < -0.39 is 21.7 Å². The van der Waals surface area contributed by atoms with Gasteiger partial charge in [-0.1, -0.05) is 18.2 Å². The summed E-state index contributed by atoms with van der Waals surface area (Å²) in [5.74, 6) is -2.71. The lowest BCUT2D eigenvalue weighted by atomic mass is 10.3. The highest BCUT2D eigenvalue weighted by molar-refractivity contribution is 7.89. The Morgan fingerprint density at radius 1 is 0.933 bits per heavy atom. The highest BCUT2D eigenvalue weighted by Crippen LogP contribution is 2.20. The molecule has 30 heavy (non-hydrogen) atoms. The summed E-state index contributed by atoms with van der Waals surface area (Å²) in [6, 6.07) is 11.6. The molecule has 1 aromatic heterocycles. The molecule has 0 bridgehead atoms. The zero-order chi connectivity index (χ0) is 21.3. The third-order valence-corrected chi connectivity index (χ3v) is 6.65. The van der Waals surface area contributed by atoms with Crippen LogP contribution in [0.1, 0.15) is 10.5 Å². The molecule has 4 rings (SSSR count). The maximum atomic E-state index is 13.4. The Bertz CT molecular complexity index is 1180. The zero-order valence-corrected chi connectivity index (χ0v) is 16.5. The van der Waals surface area contributed by atoms with Crippen LogP contribution >= 0.6 is 0 Å². The van der Waals surface area contributed by atoms with Crippen LogP contribution in [0, 0.1) is 11.6 Å². The van der Waals surface area contributed by atoms with Crippen molar-refractivity contribution in [3.8, 4) is 5.69 Å². The van der Waals surface area contributed by atoms with Crippen LogP contribution in [-0.2, 0) is 10.0 Å². The number of benzene rings is 2. The van der Waals surface area contributed by atoms with Crippen LogP contribution < -0.4 is 0 Å². The molecule has 0 atom stereocenters. The third kappa shape index (κ3) is 3.81. The van der Waals surface area contributed by atoms with Gasteiger partial charge in [0.15, 0.2) is 17.3 Å². The Hall–Kier alpha value is -3.18. The molecule has 1 fully saturated rings. The van der Waals surface area contributed by atoms with Crippen LogP contribution in [0.5, 0.6) is 0 Å². The molecule has 3 aromatic rings. The van der Waals surface area contributed by atoms with Crippen molar-refractivity contribution < 1.29 is 22.0 Å². The number of nitrogens with zero attached hydrogens (tertiary/aromatic N) is 5. The Morgan fingerprint density at radius 3 is 2.30 bits per heavy atom. The van der Waals surface area contributed by atoms with E-state index >= 15 is 0 Å². The number of aromatic nitrogens is 3. The fourth-order valence-corrected chi connectivity index (χ4v) is 4.56. The second-order valence-corrected chi connectivity index (χ2v) is 8.56. The Morgan fingerprint density at radius 2 is 1.63 bits per heavy atom. The predicted molar refractivity (Wildman–Crippen MR) is 102 cm³/mol. The number of hydrogen-bond donors (Lipinski definition) is 0. The minimum atomic E-state index is -3.99. The van der Waals surface area contributed by atoms with E-state index in [9.17, 15) is 22.0 Å². The highest BCUT2D eigenvalue weighted by atomic mass is 32.2. The normalized spacial score (nSPS) is 15.3. The molecule has 0 N–H and O–H groups in total. The summed E-state index contributed by atoms with van der Waals surface area (Å²) < 4.78 is 53.0. The summed E-state index contributed by atoms with van der Waals surface area (Å²) in [4.78, 5) is 15.2. The maximum Gasteiger partial charge on any atom is 0.276 e. The highest BCUT2D eigenvalue weighted by Gasteiger charge is 2.31. The van der Waals surface area contributed by atoms with Crippen molar-refractivity contribution in [3.05, 3.63) is 72.1 Å². The average molecular weight is 433 g/mol.